The van der Waals surface area contributed by atoms with Crippen molar-refractivity contribution >= 4 is 5.82 Å². The molecule has 0 radical (unpaired) electrons. The molecule has 4 heteroatoms. The van der Waals surface area contributed by atoms with Gasteiger partial charge in [0.05, 0.1) is 0 Å². The molecule has 4 nitrogen and oxygen atoms in total. The summed E-state index contributed by atoms with van der Waals surface area (Å²) in [6.45, 7) is 1.96. The Morgan fingerprint density at radius 3 is 2.80 bits per heavy atom. The summed E-state index contributed by atoms with van der Waals surface area (Å²) in [5, 5.41) is 0. The van der Waals surface area contributed by atoms with E-state index < -0.39 is 0 Å². The quantitative estimate of drug-likeness (QED) is 0.777. The number of nitrogens with zero attached hydrogens (tertiary/aromatic N) is 3. The van der Waals surface area contributed by atoms with Crippen LogP contribution in [0.4, 0.5) is 5.82 Å². The fourth-order valence-electron chi connectivity index (χ4n) is 2.13. The van der Waals surface area contributed by atoms with Crippen LogP contribution < -0.4 is 10.6 Å². The molecule has 0 spiro atoms. The van der Waals surface area contributed by atoms with Crippen LogP contribution in [0.2, 0.25) is 0 Å². The Hall–Kier alpha value is -1.16. The molecular formula is C11H16N4. The Labute approximate surface area is 89.5 Å². The van der Waals surface area contributed by atoms with Gasteiger partial charge in [0.25, 0.3) is 0 Å². The van der Waals surface area contributed by atoms with Gasteiger partial charge in [0.15, 0.2) is 0 Å². The maximum atomic E-state index is 5.89. The summed E-state index contributed by atoms with van der Waals surface area (Å²) in [6.07, 6.45) is 5.33. The fraction of sp³-hybridized carbons (Fsp3) is 0.636. The van der Waals surface area contributed by atoms with Crippen LogP contribution in [0.1, 0.15) is 30.9 Å². The van der Waals surface area contributed by atoms with E-state index in [1.807, 2.05) is 0 Å². The normalized spacial score (nSPS) is 25.9. The largest absolute Gasteiger partial charge is 0.355 e. The number of hydrogen-bond acceptors (Lipinski definition) is 4. The maximum absolute atomic E-state index is 5.89. The average Bonchev–Trinajstić information content (AvgIpc) is 3.02. The second-order valence-corrected chi connectivity index (χ2v) is 4.57. The molecule has 15 heavy (non-hydrogen) atoms. The first-order chi connectivity index (χ1) is 7.33. The number of anilines is 1. The Bertz CT molecular complexity index is 361. The van der Waals surface area contributed by atoms with E-state index in [1.54, 1.807) is 6.33 Å². The molecule has 2 aliphatic rings. The topological polar surface area (TPSA) is 55.0 Å². The van der Waals surface area contributed by atoms with Crippen molar-refractivity contribution in [1.29, 1.82) is 0 Å². The van der Waals surface area contributed by atoms with Gasteiger partial charge < -0.3 is 10.6 Å². The van der Waals surface area contributed by atoms with Crippen LogP contribution in [0.15, 0.2) is 12.4 Å². The first-order valence-electron chi connectivity index (χ1n) is 5.65. The highest BCUT2D eigenvalue weighted by molar-refractivity contribution is 5.41. The van der Waals surface area contributed by atoms with E-state index in [9.17, 15) is 0 Å². The van der Waals surface area contributed by atoms with E-state index in [4.69, 9.17) is 5.73 Å². The van der Waals surface area contributed by atoms with Crippen LogP contribution in [0.25, 0.3) is 0 Å². The van der Waals surface area contributed by atoms with Gasteiger partial charge >= 0.3 is 0 Å². The maximum Gasteiger partial charge on any atom is 0.132 e. The second-order valence-electron chi connectivity index (χ2n) is 4.57. The molecule has 1 aromatic heterocycles. The predicted octanol–water partition coefficient (Wildman–Crippen LogP) is 0.891. The SMILES string of the molecule is N[C@@H]1CCN(c2cc(C3CC3)ncn2)C1. The summed E-state index contributed by atoms with van der Waals surface area (Å²) >= 11 is 0. The Morgan fingerprint density at radius 2 is 2.13 bits per heavy atom. The molecule has 1 saturated carbocycles. The fourth-order valence-corrected chi connectivity index (χ4v) is 2.13. The lowest BCUT2D eigenvalue weighted by atomic mass is 10.3. The summed E-state index contributed by atoms with van der Waals surface area (Å²) in [5.74, 6) is 1.75. The molecule has 1 aliphatic carbocycles. The zero-order chi connectivity index (χ0) is 10.3. The van der Waals surface area contributed by atoms with Crippen LogP contribution >= 0.6 is 0 Å². The monoisotopic (exact) mass is 204 g/mol. The van der Waals surface area contributed by atoms with Gasteiger partial charge in [-0.25, -0.2) is 9.97 Å². The third-order valence-corrected chi connectivity index (χ3v) is 3.22. The Morgan fingerprint density at radius 1 is 1.27 bits per heavy atom. The van der Waals surface area contributed by atoms with Gasteiger partial charge in [-0.2, -0.15) is 0 Å². The molecule has 2 N–H and O–H groups in total. The first-order valence-corrected chi connectivity index (χ1v) is 5.65. The molecule has 80 valence electrons. The molecule has 2 fully saturated rings. The molecular weight excluding hydrogens is 188 g/mol. The molecule has 1 saturated heterocycles. The van der Waals surface area contributed by atoms with Crippen molar-refractivity contribution in [2.45, 2.75) is 31.2 Å². The molecule has 0 bridgehead atoms. The van der Waals surface area contributed by atoms with Crippen molar-refractivity contribution in [3.05, 3.63) is 18.1 Å². The van der Waals surface area contributed by atoms with E-state index >= 15 is 0 Å². The Balaban J connectivity index is 1.81. The summed E-state index contributed by atoms with van der Waals surface area (Å²) < 4.78 is 0. The standard InChI is InChI=1S/C11H16N4/c12-9-3-4-15(6-9)11-5-10(8-1-2-8)13-7-14-11/h5,7-9H,1-4,6,12H2/t9-/m1/s1. The summed E-state index contributed by atoms with van der Waals surface area (Å²) in [5.41, 5.74) is 7.10. The summed E-state index contributed by atoms with van der Waals surface area (Å²) in [6, 6.07) is 2.44. The van der Waals surface area contributed by atoms with E-state index in [0.29, 0.717) is 12.0 Å². The molecule has 0 amide bonds. The van der Waals surface area contributed by atoms with Gasteiger partial charge in [-0.3, -0.25) is 0 Å². The van der Waals surface area contributed by atoms with Crippen LogP contribution in [-0.4, -0.2) is 29.1 Å². The minimum atomic E-state index is 0.310. The van der Waals surface area contributed by atoms with Crippen molar-refractivity contribution in [2.75, 3.05) is 18.0 Å². The second kappa shape index (κ2) is 3.45. The minimum Gasteiger partial charge on any atom is -0.355 e. The molecule has 1 aromatic rings. The lowest BCUT2D eigenvalue weighted by molar-refractivity contribution is 0.751. The lowest BCUT2D eigenvalue weighted by Crippen LogP contribution is -2.26. The van der Waals surface area contributed by atoms with E-state index in [1.165, 1.54) is 18.5 Å². The van der Waals surface area contributed by atoms with Crippen LogP contribution in [0.5, 0.6) is 0 Å². The highest BCUT2D eigenvalue weighted by Crippen LogP contribution is 2.39. The van der Waals surface area contributed by atoms with Crippen molar-refractivity contribution in [2.24, 2.45) is 5.73 Å². The zero-order valence-corrected chi connectivity index (χ0v) is 8.76. The van der Waals surface area contributed by atoms with E-state index in [-0.39, 0.29) is 0 Å². The van der Waals surface area contributed by atoms with Gasteiger partial charge in [0.2, 0.25) is 0 Å². The number of hydrogen-bond donors (Lipinski definition) is 1. The van der Waals surface area contributed by atoms with Crippen LogP contribution in [0, 0.1) is 0 Å². The van der Waals surface area contributed by atoms with Crippen LogP contribution in [-0.2, 0) is 0 Å². The van der Waals surface area contributed by atoms with Gasteiger partial charge in [0, 0.05) is 36.8 Å². The average molecular weight is 204 g/mol. The lowest BCUT2D eigenvalue weighted by Gasteiger charge is -2.16. The minimum absolute atomic E-state index is 0.310. The molecule has 1 aliphatic heterocycles. The van der Waals surface area contributed by atoms with Gasteiger partial charge in [-0.1, -0.05) is 0 Å². The van der Waals surface area contributed by atoms with Gasteiger partial charge in [0.1, 0.15) is 12.1 Å². The molecule has 2 heterocycles. The highest BCUT2D eigenvalue weighted by atomic mass is 15.2. The van der Waals surface area contributed by atoms with Crippen molar-refractivity contribution < 1.29 is 0 Å². The summed E-state index contributed by atoms with van der Waals surface area (Å²) in [7, 11) is 0. The number of rotatable bonds is 2. The zero-order valence-electron chi connectivity index (χ0n) is 8.76. The molecule has 0 aromatic carbocycles. The van der Waals surface area contributed by atoms with Crippen molar-refractivity contribution in [3.8, 4) is 0 Å². The van der Waals surface area contributed by atoms with Gasteiger partial charge in [-0.15, -0.1) is 0 Å². The highest BCUT2D eigenvalue weighted by Gasteiger charge is 2.27. The molecule has 1 atom stereocenters. The third-order valence-electron chi connectivity index (χ3n) is 3.22. The van der Waals surface area contributed by atoms with E-state index in [0.717, 1.165) is 25.3 Å². The van der Waals surface area contributed by atoms with Crippen LogP contribution in [0.3, 0.4) is 0 Å². The van der Waals surface area contributed by atoms with Crippen molar-refractivity contribution in [3.63, 3.8) is 0 Å². The third kappa shape index (κ3) is 1.81. The number of nitrogens with two attached hydrogens (primary N) is 1. The van der Waals surface area contributed by atoms with Gasteiger partial charge in [-0.05, 0) is 19.3 Å². The molecule has 3 rings (SSSR count). The van der Waals surface area contributed by atoms with Crippen molar-refractivity contribution in [1.82, 2.24) is 9.97 Å². The smallest absolute Gasteiger partial charge is 0.132 e. The molecule has 0 unspecified atom stereocenters. The van der Waals surface area contributed by atoms with E-state index in [2.05, 4.69) is 20.9 Å². The summed E-state index contributed by atoms with van der Waals surface area (Å²) in [4.78, 5) is 10.9. The number of aromatic nitrogens is 2. The Kier molecular flexibility index (Phi) is 2.09. The first kappa shape index (κ1) is 9.09. The predicted molar refractivity (Wildman–Crippen MR) is 58.8 cm³/mol.